The zero-order chi connectivity index (χ0) is 13.5. The Bertz CT molecular complexity index is 485. The summed E-state index contributed by atoms with van der Waals surface area (Å²) in [6.45, 7) is 2.04. The fraction of sp³-hybridized carbons (Fsp3) is 0.167. The lowest BCUT2D eigenvalue weighted by Gasteiger charge is -2.10. The summed E-state index contributed by atoms with van der Waals surface area (Å²) in [4.78, 5) is 21.6. The third-order valence-electron chi connectivity index (χ3n) is 1.88. The molecule has 0 bridgehead atoms. The van der Waals surface area contributed by atoms with Crippen molar-refractivity contribution in [1.29, 1.82) is 0 Å². The van der Waals surface area contributed by atoms with Gasteiger partial charge in [0, 0.05) is 18.2 Å². The molecule has 2 N–H and O–H groups in total. The number of hydrogen-bond donors (Lipinski definition) is 2. The zero-order valence-electron chi connectivity index (χ0n) is 9.64. The normalized spacial score (nSPS) is 10.3. The SMILES string of the molecule is CCOc1cc(F)ccc1NC(=O)/C=C/C(=O)O. The van der Waals surface area contributed by atoms with Crippen molar-refractivity contribution in [3.8, 4) is 5.75 Å². The summed E-state index contributed by atoms with van der Waals surface area (Å²) in [5, 5.41) is 10.8. The van der Waals surface area contributed by atoms with Crippen molar-refractivity contribution >= 4 is 17.6 Å². The van der Waals surface area contributed by atoms with Crippen molar-refractivity contribution in [2.45, 2.75) is 6.92 Å². The minimum absolute atomic E-state index is 0.189. The van der Waals surface area contributed by atoms with Crippen LogP contribution >= 0.6 is 0 Å². The first-order valence-electron chi connectivity index (χ1n) is 5.17. The average molecular weight is 253 g/mol. The van der Waals surface area contributed by atoms with Crippen molar-refractivity contribution in [3.63, 3.8) is 0 Å². The van der Waals surface area contributed by atoms with Crippen LogP contribution in [0.4, 0.5) is 10.1 Å². The molecule has 0 unspecified atom stereocenters. The van der Waals surface area contributed by atoms with E-state index in [-0.39, 0.29) is 11.4 Å². The molecule has 1 amide bonds. The van der Waals surface area contributed by atoms with Crippen LogP contribution in [0, 0.1) is 5.82 Å². The highest BCUT2D eigenvalue weighted by atomic mass is 19.1. The van der Waals surface area contributed by atoms with Gasteiger partial charge in [-0.15, -0.1) is 0 Å². The van der Waals surface area contributed by atoms with Gasteiger partial charge in [0.1, 0.15) is 11.6 Å². The van der Waals surface area contributed by atoms with Gasteiger partial charge in [-0.3, -0.25) is 4.79 Å². The molecule has 18 heavy (non-hydrogen) atoms. The highest BCUT2D eigenvalue weighted by Gasteiger charge is 2.07. The van der Waals surface area contributed by atoms with Gasteiger partial charge in [-0.05, 0) is 19.1 Å². The van der Waals surface area contributed by atoms with Crippen molar-refractivity contribution in [3.05, 3.63) is 36.2 Å². The molecule has 0 saturated carbocycles. The quantitative estimate of drug-likeness (QED) is 0.784. The van der Waals surface area contributed by atoms with Crippen LogP contribution in [0.5, 0.6) is 5.75 Å². The Morgan fingerprint density at radius 3 is 2.78 bits per heavy atom. The highest BCUT2D eigenvalue weighted by Crippen LogP contribution is 2.25. The van der Waals surface area contributed by atoms with Gasteiger partial charge in [0.05, 0.1) is 12.3 Å². The summed E-state index contributed by atoms with van der Waals surface area (Å²) in [7, 11) is 0. The lowest BCUT2D eigenvalue weighted by molar-refractivity contribution is -0.131. The van der Waals surface area contributed by atoms with Gasteiger partial charge >= 0.3 is 5.97 Å². The number of hydrogen-bond acceptors (Lipinski definition) is 3. The molecule has 0 atom stereocenters. The summed E-state index contributed by atoms with van der Waals surface area (Å²) in [5.41, 5.74) is 0.276. The van der Waals surface area contributed by atoms with E-state index < -0.39 is 17.7 Å². The van der Waals surface area contributed by atoms with Gasteiger partial charge in [-0.25, -0.2) is 9.18 Å². The van der Waals surface area contributed by atoms with Crippen LogP contribution in [0.2, 0.25) is 0 Å². The van der Waals surface area contributed by atoms with Crippen molar-refractivity contribution < 1.29 is 23.8 Å². The number of rotatable bonds is 5. The zero-order valence-corrected chi connectivity index (χ0v) is 9.64. The topological polar surface area (TPSA) is 75.6 Å². The number of carbonyl (C=O) groups is 2. The number of aliphatic carboxylic acids is 1. The number of carboxylic acids is 1. The van der Waals surface area contributed by atoms with Crippen LogP contribution in [0.15, 0.2) is 30.4 Å². The lowest BCUT2D eigenvalue weighted by Crippen LogP contribution is -2.10. The van der Waals surface area contributed by atoms with E-state index in [1.165, 1.54) is 12.1 Å². The number of anilines is 1. The van der Waals surface area contributed by atoms with E-state index >= 15 is 0 Å². The number of ether oxygens (including phenoxy) is 1. The average Bonchev–Trinajstić information content (AvgIpc) is 2.30. The molecule has 0 spiro atoms. The molecule has 0 aliphatic carbocycles. The van der Waals surface area contributed by atoms with E-state index in [9.17, 15) is 14.0 Å². The standard InChI is InChI=1S/C12H12FNO4/c1-2-18-10-7-8(13)3-4-9(10)14-11(15)5-6-12(16)17/h3-7H,2H2,1H3,(H,14,15)(H,16,17)/b6-5+. The molecule has 0 heterocycles. The van der Waals surface area contributed by atoms with Gasteiger partial charge in [0.25, 0.3) is 0 Å². The Morgan fingerprint density at radius 1 is 1.44 bits per heavy atom. The molecule has 1 aromatic carbocycles. The summed E-state index contributed by atoms with van der Waals surface area (Å²) < 4.78 is 18.1. The van der Waals surface area contributed by atoms with Crippen LogP contribution in [-0.2, 0) is 9.59 Å². The second-order valence-corrected chi connectivity index (χ2v) is 3.23. The maximum Gasteiger partial charge on any atom is 0.328 e. The number of carbonyl (C=O) groups excluding carboxylic acids is 1. The van der Waals surface area contributed by atoms with Gasteiger partial charge < -0.3 is 15.2 Å². The number of nitrogens with one attached hydrogen (secondary N) is 1. The number of amides is 1. The molecule has 1 rings (SSSR count). The Hall–Kier alpha value is -2.37. The van der Waals surface area contributed by atoms with E-state index in [0.717, 1.165) is 12.1 Å². The number of benzene rings is 1. The van der Waals surface area contributed by atoms with Crippen molar-refractivity contribution in [2.75, 3.05) is 11.9 Å². The van der Waals surface area contributed by atoms with E-state index in [1.54, 1.807) is 6.92 Å². The van der Waals surface area contributed by atoms with Crippen LogP contribution in [0.3, 0.4) is 0 Å². The molecule has 0 aliphatic heterocycles. The van der Waals surface area contributed by atoms with E-state index in [1.807, 2.05) is 0 Å². The van der Waals surface area contributed by atoms with Crippen LogP contribution in [0.1, 0.15) is 6.92 Å². The van der Waals surface area contributed by atoms with Gasteiger partial charge in [-0.2, -0.15) is 0 Å². The van der Waals surface area contributed by atoms with Crippen LogP contribution in [-0.4, -0.2) is 23.6 Å². The third-order valence-corrected chi connectivity index (χ3v) is 1.88. The maximum atomic E-state index is 13.0. The van der Waals surface area contributed by atoms with Gasteiger partial charge in [0.2, 0.25) is 5.91 Å². The minimum atomic E-state index is -1.23. The second kappa shape index (κ2) is 6.39. The molecule has 96 valence electrons. The first kappa shape index (κ1) is 13.7. The molecule has 0 radical (unpaired) electrons. The predicted octanol–water partition coefficient (Wildman–Crippen LogP) is 1.80. The predicted molar refractivity (Wildman–Crippen MR) is 63.0 cm³/mol. The highest BCUT2D eigenvalue weighted by molar-refractivity contribution is 6.03. The smallest absolute Gasteiger partial charge is 0.328 e. The van der Waals surface area contributed by atoms with Crippen molar-refractivity contribution in [2.24, 2.45) is 0 Å². The molecule has 6 heteroatoms. The van der Waals surface area contributed by atoms with E-state index in [0.29, 0.717) is 12.7 Å². The molecule has 0 aliphatic rings. The van der Waals surface area contributed by atoms with Gasteiger partial charge in [0.15, 0.2) is 0 Å². The molecule has 0 fully saturated rings. The third kappa shape index (κ3) is 4.25. The van der Waals surface area contributed by atoms with E-state index in [2.05, 4.69) is 5.32 Å². The van der Waals surface area contributed by atoms with Crippen molar-refractivity contribution in [1.82, 2.24) is 0 Å². The molecule has 0 saturated heterocycles. The Morgan fingerprint density at radius 2 is 2.17 bits per heavy atom. The van der Waals surface area contributed by atoms with Crippen LogP contribution < -0.4 is 10.1 Å². The largest absolute Gasteiger partial charge is 0.492 e. The first-order valence-corrected chi connectivity index (χ1v) is 5.17. The molecule has 5 nitrogen and oxygen atoms in total. The second-order valence-electron chi connectivity index (χ2n) is 3.23. The fourth-order valence-corrected chi connectivity index (χ4v) is 1.20. The van der Waals surface area contributed by atoms with Crippen LogP contribution in [0.25, 0.3) is 0 Å². The fourth-order valence-electron chi connectivity index (χ4n) is 1.20. The Kier molecular flexibility index (Phi) is 4.86. The molecule has 0 aromatic heterocycles. The maximum absolute atomic E-state index is 13.0. The Balaban J connectivity index is 2.83. The molecule has 1 aromatic rings. The summed E-state index contributed by atoms with van der Waals surface area (Å²) in [5.74, 6) is -2.16. The first-order chi connectivity index (χ1) is 8.52. The minimum Gasteiger partial charge on any atom is -0.492 e. The lowest BCUT2D eigenvalue weighted by atomic mass is 10.2. The molecular formula is C12H12FNO4. The number of halogens is 1. The summed E-state index contributed by atoms with van der Waals surface area (Å²) >= 11 is 0. The van der Waals surface area contributed by atoms with E-state index in [4.69, 9.17) is 9.84 Å². The summed E-state index contributed by atoms with van der Waals surface area (Å²) in [6.07, 6.45) is 1.57. The Labute approximate surface area is 103 Å². The monoisotopic (exact) mass is 253 g/mol. The number of carboxylic acid groups (broad SMARTS) is 1. The molecular weight excluding hydrogens is 241 g/mol. The van der Waals surface area contributed by atoms with Gasteiger partial charge in [-0.1, -0.05) is 0 Å². The summed E-state index contributed by atoms with van der Waals surface area (Å²) in [6, 6.07) is 3.64.